The van der Waals surface area contributed by atoms with Gasteiger partial charge in [0.2, 0.25) is 23.8 Å². The number of H-pyrrole nitrogens is 4. The van der Waals surface area contributed by atoms with Gasteiger partial charge in [0, 0.05) is 97.2 Å². The van der Waals surface area contributed by atoms with E-state index in [-0.39, 0.29) is 30.6 Å². The number of aliphatic hydroxyl groups is 1. The highest BCUT2D eigenvalue weighted by Crippen LogP contribution is 2.40. The number of amides is 3. The Kier molecular flexibility index (Phi) is 25.0. The van der Waals surface area contributed by atoms with E-state index in [1.807, 2.05) is 119 Å². The summed E-state index contributed by atoms with van der Waals surface area (Å²) in [6, 6.07) is 40.6. The van der Waals surface area contributed by atoms with E-state index < -0.39 is 11.6 Å². The third-order valence-corrected chi connectivity index (χ3v) is 20.2. The highest BCUT2D eigenvalue weighted by Gasteiger charge is 2.42. The number of halogens is 4. The van der Waals surface area contributed by atoms with Gasteiger partial charge in [-0.3, -0.25) is 34.8 Å². The molecule has 8 aromatic carbocycles. The van der Waals surface area contributed by atoms with Crippen molar-refractivity contribution < 1.29 is 43.2 Å². The van der Waals surface area contributed by atoms with Gasteiger partial charge in [-0.25, -0.2) is 18.7 Å². The van der Waals surface area contributed by atoms with E-state index in [9.17, 15) is 19.5 Å². The number of aryl methyl sites for hydroxylation is 4. The molecule has 0 radical (unpaired) electrons. The van der Waals surface area contributed by atoms with Crippen LogP contribution in [0.3, 0.4) is 0 Å². The first-order valence-corrected chi connectivity index (χ1v) is 38.8. The summed E-state index contributed by atoms with van der Waals surface area (Å²) < 4.78 is 33.8. The quantitative estimate of drug-likeness (QED) is 0.0250. The standard InChI is InChI=1S/C23H26ClN7O3.C22H22ClN7O4.C18H16ClN7O.C18H17ClN6O/c1-23(2,3)28-19(32)12-34-17-9-6-13(10-18(17)33-5)21-27-22(31(4)30-21)26-16-8-7-15-14(20(16)24)11-25-29-15;1-30-21(25-15-5-4-14-13(19(15)23)10-24-28-14)26-20(29-30)12-3-6-16(17(9-12)33-2)34-11-18(31)27-22(32)7-8-22;1-20-17(27)11-5-3-10(4-6-11)16-23-18(26(2)25-16)22-14-8-7-13-12(15(14)19)9-21-24-13;1-25-18(21-15-8-7-14-13(16(15)19)9-20-23-14)22-17(24-25)12-5-3-11(4-6-12)10-26-2/h6-11H,12H2,1-5H3,(H,25,29)(H,28,32)(H,26,27,30);3-6,9-10,32H,7-8,11H2,1-2H3,(H,24,28)(H,27,31)(H,25,26,29);3-9H,1-2H3,(H,20,27)(H,21,24)(H,22,23,25);3-9H,10H2,1-2H3,(H,20,23)(H,21,22,24). The largest absolute Gasteiger partial charge is 0.493 e. The lowest BCUT2D eigenvalue weighted by Crippen LogP contribution is -2.43. The third-order valence-electron chi connectivity index (χ3n) is 18.6. The van der Waals surface area contributed by atoms with E-state index in [2.05, 4.69) is 118 Å². The van der Waals surface area contributed by atoms with E-state index >= 15 is 0 Å². The van der Waals surface area contributed by atoms with Crippen LogP contribution in [0.5, 0.6) is 23.0 Å². The molecule has 36 nitrogen and oxygen atoms in total. The monoisotopic (exact) mass is 1720 g/mol. The average molecular weight is 1720 g/mol. The number of aromatic amines is 4. The first-order chi connectivity index (χ1) is 58.2. The van der Waals surface area contributed by atoms with Crippen molar-refractivity contribution in [3.8, 4) is 68.5 Å². The van der Waals surface area contributed by atoms with Gasteiger partial charge in [0.25, 0.3) is 17.7 Å². The predicted molar refractivity (Wildman–Crippen MR) is 462 cm³/mol. The summed E-state index contributed by atoms with van der Waals surface area (Å²) in [5, 5.41) is 81.6. The van der Waals surface area contributed by atoms with Crippen molar-refractivity contribution in [1.82, 2.24) is 116 Å². The molecule has 17 rings (SSSR count). The summed E-state index contributed by atoms with van der Waals surface area (Å²) in [6.07, 6.45) is 7.82. The normalized spacial score (nSPS) is 12.0. The molecule has 1 saturated carbocycles. The van der Waals surface area contributed by atoms with Gasteiger partial charge < -0.3 is 66.0 Å². The zero-order chi connectivity index (χ0) is 85.4. The molecule has 0 saturated heterocycles. The summed E-state index contributed by atoms with van der Waals surface area (Å²) in [6.45, 7) is 5.95. The van der Waals surface area contributed by atoms with Crippen LogP contribution in [0.15, 0.2) is 158 Å². The maximum atomic E-state index is 12.1. The number of hydrogen-bond donors (Lipinski definition) is 12. The Morgan fingerprint density at radius 3 is 1.11 bits per heavy atom. The Morgan fingerprint density at radius 1 is 0.455 bits per heavy atom. The lowest BCUT2D eigenvalue weighted by Gasteiger charge is -2.20. The Labute approximate surface area is 709 Å². The van der Waals surface area contributed by atoms with Crippen LogP contribution >= 0.6 is 46.4 Å². The second-order valence-electron chi connectivity index (χ2n) is 28.5. The Bertz CT molecular complexity index is 6240. The molecule has 0 bridgehead atoms. The van der Waals surface area contributed by atoms with Crippen molar-refractivity contribution >= 4 is 154 Å². The minimum absolute atomic E-state index is 0.120. The molecule has 1 aliphatic carbocycles. The number of methoxy groups -OCH3 is 3. The van der Waals surface area contributed by atoms with Gasteiger partial charge in [-0.2, -0.15) is 40.3 Å². The van der Waals surface area contributed by atoms with E-state index in [4.69, 9.17) is 70.1 Å². The van der Waals surface area contributed by atoms with Crippen LogP contribution in [0.25, 0.3) is 89.2 Å². The minimum Gasteiger partial charge on any atom is -0.493 e. The smallest absolute Gasteiger partial charge is 0.260 e. The van der Waals surface area contributed by atoms with Crippen LogP contribution in [-0.2, 0) is 49.1 Å². The number of anilines is 8. The zero-order valence-corrected chi connectivity index (χ0v) is 70.0. The van der Waals surface area contributed by atoms with Crippen molar-refractivity contribution in [2.24, 2.45) is 28.2 Å². The SMILES string of the molecule is CNC(=O)c1ccc(-c2nc(Nc3ccc4[nH]ncc4c3Cl)n(C)n2)cc1.COCc1ccc(-c2nc(Nc3ccc4[nH]ncc4c3Cl)n(C)n2)cc1.COc1cc(-c2nc(Nc3ccc4[nH]ncc4c3Cl)n(C)n2)ccc1OCC(=O)NC(C)(C)C.COc1cc(-c2nc(Nc3ccc4[nH]ncc4c3Cl)n(C)n2)ccc1OCC(=O)NC1(O)CC1. The van der Waals surface area contributed by atoms with E-state index in [0.29, 0.717) is 138 Å². The van der Waals surface area contributed by atoms with Gasteiger partial charge in [0.1, 0.15) is 5.72 Å². The lowest BCUT2D eigenvalue weighted by atomic mass is 10.1. The number of rotatable bonds is 24. The molecule has 121 heavy (non-hydrogen) atoms. The number of benzene rings is 8. The molecule has 0 aliphatic heterocycles. The first-order valence-electron chi connectivity index (χ1n) is 37.3. The van der Waals surface area contributed by atoms with Gasteiger partial charge in [-0.05, 0) is 136 Å². The number of fused-ring (bicyclic) bond motifs is 4. The summed E-state index contributed by atoms with van der Waals surface area (Å²) in [7, 11) is 13.5. The van der Waals surface area contributed by atoms with Crippen molar-refractivity contribution in [3.63, 3.8) is 0 Å². The lowest BCUT2D eigenvalue weighted by molar-refractivity contribution is -0.127. The second kappa shape index (κ2) is 36.1. The van der Waals surface area contributed by atoms with Crippen LogP contribution in [0.1, 0.15) is 49.5 Å². The highest BCUT2D eigenvalue weighted by molar-refractivity contribution is 6.39. The molecule has 40 heteroatoms. The fraction of sp³-hybridized carbons (Fsp3) is 0.222. The summed E-state index contributed by atoms with van der Waals surface area (Å²) in [5.74, 6) is 5.26. The van der Waals surface area contributed by atoms with E-state index in [1.165, 1.54) is 14.2 Å². The molecular weight excluding hydrogens is 1640 g/mol. The van der Waals surface area contributed by atoms with Gasteiger partial charge in [-0.1, -0.05) is 82.8 Å². The van der Waals surface area contributed by atoms with Crippen molar-refractivity contribution in [2.45, 2.75) is 51.5 Å². The molecule has 8 aromatic heterocycles. The molecule has 0 atom stereocenters. The van der Waals surface area contributed by atoms with Crippen LogP contribution in [-0.4, -0.2) is 176 Å². The van der Waals surface area contributed by atoms with Crippen molar-refractivity contribution in [3.05, 3.63) is 189 Å². The topological polar surface area (TPSA) is 439 Å². The molecule has 1 fully saturated rings. The highest BCUT2D eigenvalue weighted by atomic mass is 35.5. The minimum atomic E-state index is -1.08. The Hall–Kier alpha value is -13.9. The molecular formula is C81H81Cl4N27O9. The Morgan fingerprint density at radius 2 is 0.785 bits per heavy atom. The molecule has 0 spiro atoms. The van der Waals surface area contributed by atoms with Gasteiger partial charge in [0.05, 0.1) is 111 Å². The molecule has 0 unspecified atom stereocenters. The number of carbonyl (C=O) groups is 3. The molecule has 12 N–H and O–H groups in total. The number of aromatic nitrogens is 20. The predicted octanol–water partition coefficient (Wildman–Crippen LogP) is 13.8. The maximum Gasteiger partial charge on any atom is 0.260 e. The number of hydrogen-bond acceptors (Lipinski definition) is 25. The molecule has 1 aliphatic rings. The van der Waals surface area contributed by atoms with Crippen LogP contribution in [0.2, 0.25) is 20.1 Å². The number of nitrogens with zero attached hydrogens (tertiary/aromatic N) is 16. The van der Waals surface area contributed by atoms with Crippen LogP contribution in [0.4, 0.5) is 46.5 Å². The maximum absolute atomic E-state index is 12.1. The van der Waals surface area contributed by atoms with E-state index in [1.54, 1.807) is 121 Å². The van der Waals surface area contributed by atoms with Crippen LogP contribution < -0.4 is 56.2 Å². The van der Waals surface area contributed by atoms with E-state index in [0.717, 1.165) is 71.6 Å². The molecule has 16 aromatic rings. The van der Waals surface area contributed by atoms with Gasteiger partial charge >= 0.3 is 0 Å². The molecule has 622 valence electrons. The number of nitrogens with one attached hydrogen (secondary N) is 11. The summed E-state index contributed by atoms with van der Waals surface area (Å²) >= 11 is 25.9. The number of carbonyl (C=O) groups excluding carboxylic acids is 3. The zero-order valence-electron chi connectivity index (χ0n) is 66.9. The first kappa shape index (κ1) is 83.6. The number of ether oxygens (including phenoxy) is 5. The molecule has 8 heterocycles. The fourth-order valence-electron chi connectivity index (χ4n) is 12.2. The Balaban J connectivity index is 0.000000133. The second-order valence-corrected chi connectivity index (χ2v) is 30.0. The fourth-order valence-corrected chi connectivity index (χ4v) is 13.3. The summed E-state index contributed by atoms with van der Waals surface area (Å²) in [4.78, 5) is 54.0. The average Bonchev–Trinajstić information content (AvgIpc) is 1.69. The molecule has 3 amide bonds. The van der Waals surface area contributed by atoms with Gasteiger partial charge in [-0.15, -0.1) is 20.4 Å². The third kappa shape index (κ3) is 19.6. The summed E-state index contributed by atoms with van der Waals surface area (Å²) in [5.41, 5.74) is 9.68. The van der Waals surface area contributed by atoms with Gasteiger partial charge in [0.15, 0.2) is 59.5 Å². The van der Waals surface area contributed by atoms with Crippen molar-refractivity contribution in [2.75, 3.05) is 62.9 Å². The van der Waals surface area contributed by atoms with Crippen molar-refractivity contribution in [1.29, 1.82) is 0 Å². The van der Waals surface area contributed by atoms with Crippen LogP contribution in [0, 0.1) is 0 Å².